The van der Waals surface area contributed by atoms with E-state index in [1.54, 1.807) is 11.8 Å². The van der Waals surface area contributed by atoms with Gasteiger partial charge in [-0.25, -0.2) is 0 Å². The average molecular weight is 341 g/mol. The van der Waals surface area contributed by atoms with Crippen LogP contribution >= 0.6 is 0 Å². The van der Waals surface area contributed by atoms with Crippen LogP contribution in [0.2, 0.25) is 0 Å². The monoisotopic (exact) mass is 341 g/mol. The number of likely N-dealkylation sites (tertiary alicyclic amines) is 1. The number of amides is 2. The molecule has 1 N–H and O–H groups in total. The third-order valence-electron chi connectivity index (χ3n) is 5.78. The predicted molar refractivity (Wildman–Crippen MR) is 97.8 cm³/mol. The highest BCUT2D eigenvalue weighted by Gasteiger charge is 2.28. The van der Waals surface area contributed by atoms with Crippen LogP contribution in [0.25, 0.3) is 0 Å². The molecule has 1 saturated heterocycles. The molecule has 0 radical (unpaired) electrons. The van der Waals surface area contributed by atoms with Gasteiger partial charge >= 0.3 is 0 Å². The van der Waals surface area contributed by atoms with Gasteiger partial charge in [-0.05, 0) is 68.3 Å². The van der Waals surface area contributed by atoms with Crippen LogP contribution < -0.4 is 10.2 Å². The van der Waals surface area contributed by atoms with Crippen LogP contribution in [0.4, 0.5) is 5.69 Å². The summed E-state index contributed by atoms with van der Waals surface area (Å²) in [6.07, 6.45) is 5.68. The first-order valence-corrected chi connectivity index (χ1v) is 9.55. The van der Waals surface area contributed by atoms with Crippen molar-refractivity contribution in [1.29, 1.82) is 0 Å². The van der Waals surface area contributed by atoms with Gasteiger partial charge < -0.3 is 15.1 Å². The van der Waals surface area contributed by atoms with Crippen molar-refractivity contribution < 1.29 is 9.59 Å². The van der Waals surface area contributed by atoms with Crippen molar-refractivity contribution in [2.24, 2.45) is 5.92 Å². The minimum Gasteiger partial charge on any atom is -0.339 e. The quantitative estimate of drug-likeness (QED) is 0.913. The summed E-state index contributed by atoms with van der Waals surface area (Å²) in [7, 11) is 0. The number of piperidine rings is 1. The van der Waals surface area contributed by atoms with Crippen LogP contribution in [0.3, 0.4) is 0 Å². The van der Waals surface area contributed by atoms with Crippen molar-refractivity contribution in [1.82, 2.24) is 10.2 Å². The van der Waals surface area contributed by atoms with Gasteiger partial charge in [0, 0.05) is 43.9 Å². The molecular formula is C20H27N3O2. The Morgan fingerprint density at radius 2 is 1.88 bits per heavy atom. The fourth-order valence-electron chi connectivity index (χ4n) is 3.99. The molecule has 5 heteroatoms. The van der Waals surface area contributed by atoms with Crippen molar-refractivity contribution >= 4 is 17.5 Å². The Kier molecular flexibility index (Phi) is 4.50. The summed E-state index contributed by atoms with van der Waals surface area (Å²) in [6.45, 7) is 5.13. The molecule has 3 aliphatic rings. The molecule has 2 heterocycles. The van der Waals surface area contributed by atoms with Crippen molar-refractivity contribution in [3.05, 3.63) is 29.3 Å². The number of fused-ring (bicyclic) bond motifs is 1. The lowest BCUT2D eigenvalue weighted by molar-refractivity contribution is -0.116. The minimum absolute atomic E-state index is 0.0681. The van der Waals surface area contributed by atoms with Gasteiger partial charge in [-0.15, -0.1) is 0 Å². The molecule has 0 unspecified atom stereocenters. The number of anilines is 1. The Bertz CT molecular complexity index is 676. The first kappa shape index (κ1) is 16.6. The van der Waals surface area contributed by atoms with Crippen LogP contribution in [0.5, 0.6) is 0 Å². The molecule has 1 aromatic rings. The number of carbonyl (C=O) groups is 2. The van der Waals surface area contributed by atoms with Gasteiger partial charge in [0.15, 0.2) is 0 Å². The van der Waals surface area contributed by atoms with E-state index in [9.17, 15) is 9.59 Å². The molecule has 0 aromatic heterocycles. The highest BCUT2D eigenvalue weighted by molar-refractivity contribution is 5.97. The normalized spacial score (nSPS) is 20.7. The summed E-state index contributed by atoms with van der Waals surface area (Å²) >= 11 is 0. The van der Waals surface area contributed by atoms with Crippen LogP contribution in [0.15, 0.2) is 18.2 Å². The lowest BCUT2D eigenvalue weighted by Gasteiger charge is -2.32. The van der Waals surface area contributed by atoms with Crippen LogP contribution in [-0.2, 0) is 11.2 Å². The van der Waals surface area contributed by atoms with Gasteiger partial charge in [0.2, 0.25) is 5.91 Å². The van der Waals surface area contributed by atoms with E-state index >= 15 is 0 Å². The maximum absolute atomic E-state index is 12.8. The average Bonchev–Trinajstić information content (AvgIpc) is 3.36. The maximum atomic E-state index is 12.8. The van der Waals surface area contributed by atoms with E-state index in [2.05, 4.69) is 5.32 Å². The number of benzene rings is 1. The Labute approximate surface area is 149 Å². The molecule has 0 atom stereocenters. The molecule has 4 rings (SSSR count). The fraction of sp³-hybridized carbons (Fsp3) is 0.600. The number of nitrogens with zero attached hydrogens (tertiary/aromatic N) is 2. The zero-order chi connectivity index (χ0) is 17.4. The molecule has 2 aliphatic heterocycles. The number of nitrogens with one attached hydrogen (secondary N) is 1. The molecule has 134 valence electrons. The number of hydrogen-bond acceptors (Lipinski definition) is 3. The van der Waals surface area contributed by atoms with Crippen molar-refractivity contribution in [2.45, 2.75) is 45.1 Å². The molecule has 0 bridgehead atoms. The Hall–Kier alpha value is -1.88. The second-order valence-corrected chi connectivity index (χ2v) is 7.68. The molecule has 2 amide bonds. The molecule has 0 spiro atoms. The van der Waals surface area contributed by atoms with E-state index in [0.29, 0.717) is 6.04 Å². The second kappa shape index (κ2) is 6.79. The van der Waals surface area contributed by atoms with Crippen molar-refractivity contribution in [2.75, 3.05) is 31.1 Å². The van der Waals surface area contributed by atoms with E-state index < -0.39 is 0 Å². The zero-order valence-corrected chi connectivity index (χ0v) is 15.0. The summed E-state index contributed by atoms with van der Waals surface area (Å²) in [5.41, 5.74) is 2.84. The van der Waals surface area contributed by atoms with Crippen LogP contribution in [0.1, 0.15) is 48.5 Å². The van der Waals surface area contributed by atoms with Gasteiger partial charge in [-0.1, -0.05) is 0 Å². The SMILES string of the molecule is CC(=O)N1CCc2cc(C(=O)N3CCC(NCC4CC4)CC3)ccc21. The van der Waals surface area contributed by atoms with Crippen LogP contribution in [0, 0.1) is 5.92 Å². The number of rotatable bonds is 4. The first-order chi connectivity index (χ1) is 12.1. The number of carbonyl (C=O) groups excluding carboxylic acids is 2. The van der Waals surface area contributed by atoms with E-state index in [-0.39, 0.29) is 11.8 Å². The van der Waals surface area contributed by atoms with Crippen molar-refractivity contribution in [3.63, 3.8) is 0 Å². The summed E-state index contributed by atoms with van der Waals surface area (Å²) in [5.74, 6) is 1.10. The van der Waals surface area contributed by atoms with Crippen LogP contribution in [-0.4, -0.2) is 48.9 Å². The molecule has 5 nitrogen and oxygen atoms in total. The minimum atomic E-state index is 0.0681. The molecule has 1 saturated carbocycles. The Morgan fingerprint density at radius 1 is 1.12 bits per heavy atom. The largest absolute Gasteiger partial charge is 0.339 e. The third kappa shape index (κ3) is 3.56. The Morgan fingerprint density at radius 3 is 2.56 bits per heavy atom. The Balaban J connectivity index is 1.36. The topological polar surface area (TPSA) is 52.7 Å². The lowest BCUT2D eigenvalue weighted by Crippen LogP contribution is -2.45. The van der Waals surface area contributed by atoms with Gasteiger partial charge in [0.05, 0.1) is 0 Å². The van der Waals surface area contributed by atoms with Gasteiger partial charge in [0.1, 0.15) is 0 Å². The molecule has 2 fully saturated rings. The smallest absolute Gasteiger partial charge is 0.253 e. The summed E-state index contributed by atoms with van der Waals surface area (Å²) < 4.78 is 0. The third-order valence-corrected chi connectivity index (χ3v) is 5.78. The van der Waals surface area contributed by atoms with E-state index in [1.165, 1.54) is 12.8 Å². The number of hydrogen-bond donors (Lipinski definition) is 1. The first-order valence-electron chi connectivity index (χ1n) is 9.55. The summed E-state index contributed by atoms with van der Waals surface area (Å²) in [6, 6.07) is 6.35. The standard InChI is InChI=1S/C20H27N3O2/c1-14(24)23-11-6-16-12-17(4-5-19(16)23)20(25)22-9-7-18(8-10-22)21-13-15-2-3-15/h4-5,12,15,18,21H,2-3,6-11,13H2,1H3. The molecular weight excluding hydrogens is 314 g/mol. The predicted octanol–water partition coefficient (Wildman–Crippen LogP) is 2.20. The van der Waals surface area contributed by atoms with E-state index in [0.717, 1.165) is 68.2 Å². The van der Waals surface area contributed by atoms with E-state index in [4.69, 9.17) is 0 Å². The molecule has 1 aliphatic carbocycles. The zero-order valence-electron chi connectivity index (χ0n) is 15.0. The highest BCUT2D eigenvalue weighted by Crippen LogP contribution is 2.30. The van der Waals surface area contributed by atoms with Gasteiger partial charge in [0.25, 0.3) is 5.91 Å². The van der Waals surface area contributed by atoms with E-state index in [1.807, 2.05) is 23.1 Å². The fourth-order valence-corrected chi connectivity index (χ4v) is 3.99. The maximum Gasteiger partial charge on any atom is 0.253 e. The second-order valence-electron chi connectivity index (χ2n) is 7.68. The lowest BCUT2D eigenvalue weighted by atomic mass is 10.0. The molecule has 1 aromatic carbocycles. The summed E-state index contributed by atoms with van der Waals surface area (Å²) in [4.78, 5) is 28.2. The van der Waals surface area contributed by atoms with Crippen molar-refractivity contribution in [3.8, 4) is 0 Å². The van der Waals surface area contributed by atoms with Gasteiger partial charge in [-0.2, -0.15) is 0 Å². The van der Waals surface area contributed by atoms with Gasteiger partial charge in [-0.3, -0.25) is 9.59 Å². The molecule has 25 heavy (non-hydrogen) atoms. The highest BCUT2D eigenvalue weighted by atomic mass is 16.2. The summed E-state index contributed by atoms with van der Waals surface area (Å²) in [5, 5.41) is 3.66.